The summed E-state index contributed by atoms with van der Waals surface area (Å²) >= 11 is 1.39. The summed E-state index contributed by atoms with van der Waals surface area (Å²) in [4.78, 5) is 4.68. The average Bonchev–Trinajstić information content (AvgIpc) is 3.45. The Kier molecular flexibility index (Phi) is 6.49. The Morgan fingerprint density at radius 1 is 1.09 bits per heavy atom. The predicted molar refractivity (Wildman–Crippen MR) is 133 cm³/mol. The van der Waals surface area contributed by atoms with E-state index in [1.807, 2.05) is 11.4 Å². The van der Waals surface area contributed by atoms with Gasteiger partial charge in [-0.05, 0) is 62.2 Å². The van der Waals surface area contributed by atoms with Crippen LogP contribution in [0.2, 0.25) is 0 Å². The van der Waals surface area contributed by atoms with Crippen LogP contribution in [0.3, 0.4) is 0 Å². The number of thiazole rings is 1. The number of allylic oxidation sites excluding steroid dienone is 1. The van der Waals surface area contributed by atoms with Gasteiger partial charge in [0.25, 0.3) is 10.0 Å². The first kappa shape index (κ1) is 23.2. The van der Waals surface area contributed by atoms with E-state index in [9.17, 15) is 13.7 Å². The van der Waals surface area contributed by atoms with Gasteiger partial charge in [-0.2, -0.15) is 5.26 Å². The monoisotopic (exact) mass is 491 g/mol. The minimum atomic E-state index is -3.80. The zero-order valence-electron chi connectivity index (χ0n) is 18.7. The zero-order chi connectivity index (χ0) is 24.3. The van der Waals surface area contributed by atoms with E-state index in [0.717, 1.165) is 11.3 Å². The molecule has 0 amide bonds. The van der Waals surface area contributed by atoms with Crippen LogP contribution in [0.25, 0.3) is 16.8 Å². The van der Waals surface area contributed by atoms with Crippen LogP contribution in [0.5, 0.6) is 0 Å². The van der Waals surface area contributed by atoms with E-state index in [1.54, 1.807) is 25.3 Å². The van der Waals surface area contributed by atoms with Gasteiger partial charge in [0.05, 0.1) is 10.6 Å². The minimum absolute atomic E-state index is 0.0705. The number of benzene rings is 2. The van der Waals surface area contributed by atoms with Gasteiger partial charge in [0, 0.05) is 28.9 Å². The number of nitriles is 1. The molecule has 4 rings (SSSR count). The molecule has 0 atom stereocenters. The molecule has 0 aliphatic heterocycles. The highest BCUT2D eigenvalue weighted by Gasteiger charge is 2.16. The van der Waals surface area contributed by atoms with E-state index in [4.69, 9.17) is 4.52 Å². The van der Waals surface area contributed by atoms with Gasteiger partial charge < -0.3 is 9.84 Å². The summed E-state index contributed by atoms with van der Waals surface area (Å²) < 4.78 is 32.2. The van der Waals surface area contributed by atoms with Crippen molar-refractivity contribution >= 4 is 38.4 Å². The average molecular weight is 492 g/mol. The summed E-state index contributed by atoms with van der Waals surface area (Å²) in [6.07, 6.45) is 1.56. The van der Waals surface area contributed by atoms with Crippen molar-refractivity contribution < 1.29 is 12.9 Å². The summed E-state index contributed by atoms with van der Waals surface area (Å²) in [7, 11) is -3.80. The Hall–Kier alpha value is -3.94. The molecule has 4 aromatic rings. The predicted octanol–water partition coefficient (Wildman–Crippen LogP) is 5.50. The van der Waals surface area contributed by atoms with Crippen molar-refractivity contribution in [2.45, 2.75) is 25.7 Å². The van der Waals surface area contributed by atoms with Gasteiger partial charge >= 0.3 is 0 Å². The summed E-state index contributed by atoms with van der Waals surface area (Å²) in [6.45, 7) is 5.78. The number of aromatic nitrogens is 2. The van der Waals surface area contributed by atoms with Gasteiger partial charge in [0.2, 0.25) is 0 Å². The van der Waals surface area contributed by atoms with Crippen LogP contribution in [0, 0.1) is 32.1 Å². The lowest BCUT2D eigenvalue weighted by Gasteiger charge is -2.06. The minimum Gasteiger partial charge on any atom is -0.360 e. The van der Waals surface area contributed by atoms with E-state index in [2.05, 4.69) is 52.2 Å². The van der Waals surface area contributed by atoms with Crippen molar-refractivity contribution in [2.75, 3.05) is 10.0 Å². The second-order valence-electron chi connectivity index (χ2n) is 7.60. The topological polar surface area (TPSA) is 121 Å². The molecule has 0 radical (unpaired) electrons. The van der Waals surface area contributed by atoms with Crippen LogP contribution in [0.15, 0.2) is 69.5 Å². The fraction of sp³-hybridized carbons (Fsp3) is 0.125. The summed E-state index contributed by atoms with van der Waals surface area (Å²) in [5.74, 6) is 0.614. The number of aryl methyl sites for hydroxylation is 3. The molecular weight excluding hydrogens is 470 g/mol. The molecule has 0 saturated carbocycles. The maximum absolute atomic E-state index is 12.5. The third-order valence-corrected chi connectivity index (χ3v) is 7.32. The normalized spacial score (nSPS) is 11.8. The lowest BCUT2D eigenvalue weighted by molar-refractivity contribution is 0.400. The summed E-state index contributed by atoms with van der Waals surface area (Å²) in [5, 5.41) is 18.8. The molecule has 2 aromatic carbocycles. The first-order chi connectivity index (χ1) is 16.2. The second-order valence-corrected chi connectivity index (χ2v) is 10.1. The first-order valence-corrected chi connectivity index (χ1v) is 12.6. The molecule has 0 unspecified atom stereocenters. The van der Waals surface area contributed by atoms with Crippen LogP contribution in [0.1, 0.15) is 21.9 Å². The smallest absolute Gasteiger partial charge is 0.263 e. The first-order valence-electron chi connectivity index (χ1n) is 10.2. The van der Waals surface area contributed by atoms with Crippen LogP contribution >= 0.6 is 11.3 Å². The van der Waals surface area contributed by atoms with Crippen LogP contribution in [-0.4, -0.2) is 18.6 Å². The Morgan fingerprint density at radius 3 is 2.50 bits per heavy atom. The molecule has 10 heteroatoms. The Balaban J connectivity index is 1.47. The fourth-order valence-electron chi connectivity index (χ4n) is 3.07. The Bertz CT molecular complexity index is 1510. The molecule has 2 N–H and O–H groups in total. The molecule has 172 valence electrons. The number of sulfonamides is 1. The molecule has 0 bridgehead atoms. The molecule has 34 heavy (non-hydrogen) atoms. The third kappa shape index (κ3) is 5.17. The lowest BCUT2D eigenvalue weighted by Crippen LogP contribution is -2.13. The molecular formula is C24H21N5O3S2. The van der Waals surface area contributed by atoms with Crippen molar-refractivity contribution in [1.29, 1.82) is 5.26 Å². The Morgan fingerprint density at radius 2 is 1.85 bits per heavy atom. The van der Waals surface area contributed by atoms with Crippen LogP contribution in [0.4, 0.5) is 11.5 Å². The van der Waals surface area contributed by atoms with Crippen molar-refractivity contribution in [3.05, 3.63) is 82.0 Å². The molecule has 2 aromatic heterocycles. The number of anilines is 2. The van der Waals surface area contributed by atoms with E-state index in [-0.39, 0.29) is 10.7 Å². The van der Waals surface area contributed by atoms with Gasteiger partial charge in [-0.1, -0.05) is 17.3 Å². The standard InChI is InChI=1S/C24H21N5O3S2/c1-15-4-5-18(10-16(15)2)22-14-33-24(27-22)19(12-25)13-26-20-6-8-21(9-7-20)34(30,31)29-23-11-17(3)32-28-23/h4-11,13-14,26H,1-3H3,(H,28,29). The number of hydrogen-bond donors (Lipinski definition) is 2. The third-order valence-electron chi connectivity index (χ3n) is 5.07. The van der Waals surface area contributed by atoms with Crippen molar-refractivity contribution in [3.63, 3.8) is 0 Å². The maximum atomic E-state index is 12.5. The molecule has 8 nitrogen and oxygen atoms in total. The highest BCUT2D eigenvalue weighted by molar-refractivity contribution is 7.92. The van der Waals surface area contributed by atoms with E-state index >= 15 is 0 Å². The fourth-order valence-corrected chi connectivity index (χ4v) is 4.85. The lowest BCUT2D eigenvalue weighted by atomic mass is 10.1. The Labute approximate surface area is 201 Å². The molecule has 2 heterocycles. The SMILES string of the molecule is Cc1cc(NS(=O)(=O)c2ccc(NC=C(C#N)c3nc(-c4ccc(C)c(C)c4)cs3)cc2)no1. The molecule has 0 aliphatic rings. The maximum Gasteiger partial charge on any atom is 0.263 e. The van der Waals surface area contributed by atoms with Crippen LogP contribution < -0.4 is 10.0 Å². The van der Waals surface area contributed by atoms with Gasteiger partial charge in [-0.3, -0.25) is 4.72 Å². The van der Waals surface area contributed by atoms with Gasteiger partial charge in [-0.15, -0.1) is 11.3 Å². The highest BCUT2D eigenvalue weighted by Crippen LogP contribution is 2.27. The number of nitrogens with zero attached hydrogens (tertiary/aromatic N) is 3. The van der Waals surface area contributed by atoms with Crippen molar-refractivity contribution in [3.8, 4) is 17.3 Å². The molecule has 0 saturated heterocycles. The van der Waals surface area contributed by atoms with Gasteiger partial charge in [0.15, 0.2) is 5.82 Å². The van der Waals surface area contributed by atoms with Gasteiger partial charge in [-0.25, -0.2) is 13.4 Å². The summed E-state index contributed by atoms with van der Waals surface area (Å²) in [6, 6.07) is 15.9. The second kappa shape index (κ2) is 9.51. The number of nitrogens with one attached hydrogen (secondary N) is 2. The summed E-state index contributed by atoms with van der Waals surface area (Å²) in [5.41, 5.74) is 5.20. The van der Waals surface area contributed by atoms with Crippen LogP contribution in [-0.2, 0) is 10.0 Å². The quantitative estimate of drug-likeness (QED) is 0.327. The van der Waals surface area contributed by atoms with Crippen molar-refractivity contribution in [2.24, 2.45) is 0 Å². The molecule has 0 spiro atoms. The number of rotatable bonds is 7. The van der Waals surface area contributed by atoms with E-state index < -0.39 is 10.0 Å². The van der Waals surface area contributed by atoms with E-state index in [0.29, 0.717) is 22.0 Å². The van der Waals surface area contributed by atoms with Crippen molar-refractivity contribution in [1.82, 2.24) is 10.1 Å². The van der Waals surface area contributed by atoms with Gasteiger partial charge in [0.1, 0.15) is 22.4 Å². The zero-order valence-corrected chi connectivity index (χ0v) is 20.3. The van der Waals surface area contributed by atoms with E-state index in [1.165, 1.54) is 40.7 Å². The molecule has 0 fully saturated rings. The number of hydrogen-bond acceptors (Lipinski definition) is 8. The largest absolute Gasteiger partial charge is 0.360 e. The highest BCUT2D eigenvalue weighted by atomic mass is 32.2. The molecule has 0 aliphatic carbocycles.